The summed E-state index contributed by atoms with van der Waals surface area (Å²) in [6.45, 7) is 7.78. The molecule has 1 aromatic carbocycles. The number of thioether (sulfide) groups is 1. The Morgan fingerprint density at radius 2 is 2.00 bits per heavy atom. The third-order valence-corrected chi connectivity index (χ3v) is 5.61. The molecule has 3 rings (SSSR count). The second-order valence-corrected chi connectivity index (χ2v) is 7.63. The molecule has 9 heteroatoms. The van der Waals surface area contributed by atoms with Crippen LogP contribution < -0.4 is 10.2 Å². The van der Waals surface area contributed by atoms with Gasteiger partial charge < -0.3 is 15.0 Å². The predicted octanol–water partition coefficient (Wildman–Crippen LogP) is 2.76. The number of nitrogens with zero attached hydrogens (tertiary/aromatic N) is 4. The van der Waals surface area contributed by atoms with Crippen molar-refractivity contribution in [2.75, 3.05) is 37.0 Å². The van der Waals surface area contributed by atoms with Gasteiger partial charge in [-0.1, -0.05) is 35.5 Å². The van der Waals surface area contributed by atoms with Crippen LogP contribution in [0.25, 0.3) is 0 Å². The van der Waals surface area contributed by atoms with E-state index in [-0.39, 0.29) is 11.9 Å². The van der Waals surface area contributed by atoms with E-state index >= 15 is 0 Å². The Morgan fingerprint density at radius 3 is 2.67 bits per heavy atom. The molecule has 1 saturated heterocycles. The van der Waals surface area contributed by atoms with Crippen LogP contribution in [0.5, 0.6) is 0 Å². The summed E-state index contributed by atoms with van der Waals surface area (Å²) >= 11 is 7.31. The van der Waals surface area contributed by atoms with Crippen molar-refractivity contribution < 1.29 is 9.53 Å². The summed E-state index contributed by atoms with van der Waals surface area (Å²) in [6.07, 6.45) is 0. The average molecular weight is 410 g/mol. The molecule has 1 atom stereocenters. The van der Waals surface area contributed by atoms with Gasteiger partial charge in [0.05, 0.1) is 25.0 Å². The van der Waals surface area contributed by atoms with Crippen LogP contribution in [0, 0.1) is 0 Å². The zero-order chi connectivity index (χ0) is 19.2. The molecule has 146 valence electrons. The molecular weight excluding hydrogens is 386 g/mol. The van der Waals surface area contributed by atoms with E-state index in [0.29, 0.717) is 24.0 Å². The number of rotatable bonds is 7. The molecule has 27 heavy (non-hydrogen) atoms. The lowest BCUT2D eigenvalue weighted by atomic mass is 10.1. The van der Waals surface area contributed by atoms with Gasteiger partial charge in [-0.25, -0.2) is 0 Å². The van der Waals surface area contributed by atoms with Gasteiger partial charge in [-0.3, -0.25) is 9.36 Å². The molecule has 1 aliphatic rings. The van der Waals surface area contributed by atoms with Crippen molar-refractivity contribution in [1.29, 1.82) is 0 Å². The minimum absolute atomic E-state index is 0.0407. The molecule has 0 aliphatic carbocycles. The Hall–Kier alpha value is -1.77. The molecule has 1 fully saturated rings. The van der Waals surface area contributed by atoms with Crippen LogP contribution in [0.2, 0.25) is 5.02 Å². The van der Waals surface area contributed by atoms with Gasteiger partial charge in [-0.15, -0.1) is 10.2 Å². The first-order valence-electron chi connectivity index (χ1n) is 9.02. The summed E-state index contributed by atoms with van der Waals surface area (Å²) in [5, 5.41) is 13.1. The first kappa shape index (κ1) is 20.0. The van der Waals surface area contributed by atoms with Gasteiger partial charge in [-0.2, -0.15) is 0 Å². The van der Waals surface area contributed by atoms with Crippen LogP contribution in [0.3, 0.4) is 0 Å². The van der Waals surface area contributed by atoms with Crippen molar-refractivity contribution in [3.8, 4) is 0 Å². The van der Waals surface area contributed by atoms with E-state index in [0.717, 1.165) is 36.3 Å². The zero-order valence-corrected chi connectivity index (χ0v) is 17.1. The summed E-state index contributed by atoms with van der Waals surface area (Å²) < 4.78 is 7.44. The third kappa shape index (κ3) is 5.15. The summed E-state index contributed by atoms with van der Waals surface area (Å²) in [6, 6.07) is 7.41. The summed E-state index contributed by atoms with van der Waals surface area (Å²) in [5.41, 5.74) is 1.02. The van der Waals surface area contributed by atoms with Crippen LogP contribution in [0.1, 0.15) is 25.5 Å². The number of hydrogen-bond donors (Lipinski definition) is 1. The zero-order valence-electron chi connectivity index (χ0n) is 15.5. The normalized spacial score (nSPS) is 15.6. The monoisotopic (exact) mass is 409 g/mol. The van der Waals surface area contributed by atoms with Crippen LogP contribution in [-0.2, 0) is 16.1 Å². The molecule has 0 bridgehead atoms. The number of aromatic nitrogens is 3. The number of hydrogen-bond acceptors (Lipinski definition) is 6. The molecule has 0 spiro atoms. The molecule has 2 heterocycles. The highest BCUT2D eigenvalue weighted by Gasteiger charge is 2.20. The van der Waals surface area contributed by atoms with Crippen LogP contribution in [0.15, 0.2) is 29.4 Å². The number of ether oxygens (including phenoxy) is 1. The minimum atomic E-state index is -0.0803. The van der Waals surface area contributed by atoms with Crippen molar-refractivity contribution in [2.24, 2.45) is 0 Å². The fourth-order valence-electron chi connectivity index (χ4n) is 2.91. The lowest BCUT2D eigenvalue weighted by molar-refractivity contribution is -0.119. The van der Waals surface area contributed by atoms with E-state index in [1.54, 1.807) is 0 Å². The Labute approximate surface area is 168 Å². The predicted molar refractivity (Wildman–Crippen MR) is 107 cm³/mol. The fraction of sp³-hybridized carbons (Fsp3) is 0.500. The fourth-order valence-corrected chi connectivity index (χ4v) is 3.84. The highest BCUT2D eigenvalue weighted by molar-refractivity contribution is 7.99. The molecule has 1 aromatic heterocycles. The first-order chi connectivity index (χ1) is 13.1. The average Bonchev–Trinajstić information content (AvgIpc) is 3.10. The topological polar surface area (TPSA) is 72.3 Å². The highest BCUT2D eigenvalue weighted by Crippen LogP contribution is 2.23. The minimum Gasteiger partial charge on any atom is -0.378 e. The number of carbonyl (C=O) groups is 1. The van der Waals surface area contributed by atoms with Crippen LogP contribution in [0.4, 0.5) is 5.95 Å². The maximum absolute atomic E-state index is 12.3. The van der Waals surface area contributed by atoms with Crippen molar-refractivity contribution >= 4 is 35.2 Å². The summed E-state index contributed by atoms with van der Waals surface area (Å²) in [7, 11) is 0. The van der Waals surface area contributed by atoms with E-state index in [2.05, 4.69) is 27.3 Å². The second kappa shape index (κ2) is 9.43. The largest absolute Gasteiger partial charge is 0.378 e. The Bertz CT molecular complexity index is 762. The number of benzene rings is 1. The van der Waals surface area contributed by atoms with Gasteiger partial charge in [0.2, 0.25) is 11.9 Å². The molecule has 0 radical (unpaired) electrons. The standard InChI is InChI=1S/C18H24ClN5O2S/c1-3-24-17(23-8-10-26-11-9-23)21-22-18(24)27-12-16(25)20-13(2)14-4-6-15(19)7-5-14/h4-7,13H,3,8-12H2,1-2H3,(H,20,25). The molecule has 1 N–H and O–H groups in total. The van der Waals surface area contributed by atoms with E-state index in [9.17, 15) is 4.79 Å². The Kier molecular flexibility index (Phi) is 6.98. The number of anilines is 1. The Morgan fingerprint density at radius 1 is 1.30 bits per heavy atom. The maximum Gasteiger partial charge on any atom is 0.230 e. The molecule has 1 amide bonds. The Balaban J connectivity index is 1.56. The lowest BCUT2D eigenvalue weighted by Gasteiger charge is -2.27. The molecule has 1 unspecified atom stereocenters. The quantitative estimate of drug-likeness (QED) is 0.709. The first-order valence-corrected chi connectivity index (χ1v) is 10.4. The summed E-state index contributed by atoms with van der Waals surface area (Å²) in [5.74, 6) is 1.10. The van der Waals surface area contributed by atoms with Gasteiger partial charge in [0.25, 0.3) is 0 Å². The maximum atomic E-state index is 12.3. The number of carbonyl (C=O) groups excluding carboxylic acids is 1. The number of amides is 1. The highest BCUT2D eigenvalue weighted by atomic mass is 35.5. The van der Waals surface area contributed by atoms with Crippen molar-refractivity contribution in [3.05, 3.63) is 34.9 Å². The van der Waals surface area contributed by atoms with Crippen molar-refractivity contribution in [2.45, 2.75) is 31.6 Å². The number of nitrogens with one attached hydrogen (secondary N) is 1. The van der Waals surface area contributed by atoms with Crippen molar-refractivity contribution in [1.82, 2.24) is 20.1 Å². The lowest BCUT2D eigenvalue weighted by Crippen LogP contribution is -2.38. The second-order valence-electron chi connectivity index (χ2n) is 6.26. The van der Waals surface area contributed by atoms with E-state index < -0.39 is 0 Å². The molecular formula is C18H24ClN5O2S. The van der Waals surface area contributed by atoms with Gasteiger partial charge >= 0.3 is 0 Å². The van der Waals surface area contributed by atoms with E-state index in [1.807, 2.05) is 35.8 Å². The van der Waals surface area contributed by atoms with E-state index in [4.69, 9.17) is 16.3 Å². The molecule has 2 aromatic rings. The smallest absolute Gasteiger partial charge is 0.230 e. The van der Waals surface area contributed by atoms with Crippen molar-refractivity contribution in [3.63, 3.8) is 0 Å². The van der Waals surface area contributed by atoms with Gasteiger partial charge in [-0.05, 0) is 31.5 Å². The SMILES string of the molecule is CCn1c(SCC(=O)NC(C)c2ccc(Cl)cc2)nnc1N1CCOCC1. The van der Waals surface area contributed by atoms with Gasteiger partial charge in [0.1, 0.15) is 0 Å². The molecule has 7 nitrogen and oxygen atoms in total. The number of morpholine rings is 1. The summed E-state index contributed by atoms with van der Waals surface area (Å²) in [4.78, 5) is 14.5. The van der Waals surface area contributed by atoms with Crippen LogP contribution in [-0.4, -0.2) is 52.7 Å². The van der Waals surface area contributed by atoms with E-state index in [1.165, 1.54) is 11.8 Å². The third-order valence-electron chi connectivity index (χ3n) is 4.39. The van der Waals surface area contributed by atoms with Crippen LogP contribution >= 0.6 is 23.4 Å². The van der Waals surface area contributed by atoms with Gasteiger partial charge in [0, 0.05) is 24.7 Å². The number of halogens is 1. The molecule has 1 aliphatic heterocycles. The molecule has 0 saturated carbocycles. The van der Waals surface area contributed by atoms with Gasteiger partial charge in [0.15, 0.2) is 5.16 Å².